The summed E-state index contributed by atoms with van der Waals surface area (Å²) in [6.45, 7) is 5.40. The fourth-order valence-electron chi connectivity index (χ4n) is 3.18. The van der Waals surface area contributed by atoms with Crippen LogP contribution in [0.15, 0.2) is 0 Å². The number of carbonyl (C=O) groups is 1. The summed E-state index contributed by atoms with van der Waals surface area (Å²) < 4.78 is 0. The van der Waals surface area contributed by atoms with Crippen LogP contribution in [0.5, 0.6) is 0 Å². The Labute approximate surface area is 110 Å². The summed E-state index contributed by atoms with van der Waals surface area (Å²) in [6.07, 6.45) is 7.66. The van der Waals surface area contributed by atoms with Crippen molar-refractivity contribution in [3.05, 3.63) is 0 Å². The van der Waals surface area contributed by atoms with Crippen molar-refractivity contribution >= 4 is 5.91 Å². The lowest BCUT2D eigenvalue weighted by molar-refractivity contribution is -0.128. The highest BCUT2D eigenvalue weighted by Crippen LogP contribution is 2.26. The van der Waals surface area contributed by atoms with Gasteiger partial charge in [0.15, 0.2) is 0 Å². The van der Waals surface area contributed by atoms with Crippen LogP contribution < -0.4 is 11.1 Å². The highest BCUT2D eigenvalue weighted by atomic mass is 16.2. The molecule has 1 saturated carbocycles. The van der Waals surface area contributed by atoms with Gasteiger partial charge < -0.3 is 16.0 Å². The lowest BCUT2D eigenvalue weighted by Gasteiger charge is -2.33. The Kier molecular flexibility index (Phi) is 4.62. The molecule has 2 fully saturated rings. The number of likely N-dealkylation sites (tertiary alicyclic amines) is 1. The van der Waals surface area contributed by atoms with E-state index in [0.717, 1.165) is 32.2 Å². The van der Waals surface area contributed by atoms with E-state index < -0.39 is 5.54 Å². The number of hydrogen-bond acceptors (Lipinski definition) is 3. The smallest absolute Gasteiger partial charge is 0.240 e. The van der Waals surface area contributed by atoms with Gasteiger partial charge >= 0.3 is 0 Å². The van der Waals surface area contributed by atoms with E-state index >= 15 is 0 Å². The van der Waals surface area contributed by atoms with Crippen LogP contribution in [0.1, 0.15) is 51.9 Å². The predicted molar refractivity (Wildman–Crippen MR) is 73.3 cm³/mol. The number of hydrogen-bond donors (Lipinski definition) is 2. The van der Waals surface area contributed by atoms with Crippen molar-refractivity contribution in [1.29, 1.82) is 0 Å². The molecular formula is C14H27N3O. The molecule has 4 nitrogen and oxygen atoms in total. The van der Waals surface area contributed by atoms with Gasteiger partial charge in [-0.05, 0) is 45.7 Å². The minimum Gasteiger partial charge on any atom is -0.351 e. The molecule has 0 radical (unpaired) electrons. The Balaban J connectivity index is 1.78. The Morgan fingerprint density at radius 1 is 1.22 bits per heavy atom. The lowest BCUT2D eigenvalue weighted by Crippen LogP contribution is -2.57. The van der Waals surface area contributed by atoms with Crippen molar-refractivity contribution in [2.45, 2.75) is 63.5 Å². The van der Waals surface area contributed by atoms with Crippen LogP contribution in [-0.2, 0) is 4.79 Å². The van der Waals surface area contributed by atoms with Gasteiger partial charge in [-0.1, -0.05) is 19.3 Å². The van der Waals surface area contributed by atoms with E-state index in [4.69, 9.17) is 5.73 Å². The standard InChI is InChI=1S/C14H27N3O/c1-12(11-17-9-5-6-10-17)16-13(18)14(15)7-3-2-4-8-14/h12H,2-11,15H2,1H3,(H,16,18). The average Bonchev–Trinajstić information content (AvgIpc) is 2.82. The van der Waals surface area contributed by atoms with Crippen molar-refractivity contribution in [1.82, 2.24) is 10.2 Å². The van der Waals surface area contributed by atoms with Crippen LogP contribution in [0.2, 0.25) is 0 Å². The molecule has 1 aliphatic carbocycles. The maximum absolute atomic E-state index is 12.2. The fraction of sp³-hybridized carbons (Fsp3) is 0.929. The van der Waals surface area contributed by atoms with Gasteiger partial charge in [0.05, 0.1) is 5.54 Å². The van der Waals surface area contributed by atoms with Crippen molar-refractivity contribution in [3.63, 3.8) is 0 Å². The number of rotatable bonds is 4. The molecule has 1 aliphatic heterocycles. The largest absolute Gasteiger partial charge is 0.351 e. The second-order valence-corrected chi connectivity index (χ2v) is 6.10. The van der Waals surface area contributed by atoms with E-state index in [-0.39, 0.29) is 11.9 Å². The summed E-state index contributed by atoms with van der Waals surface area (Å²) in [4.78, 5) is 14.7. The van der Waals surface area contributed by atoms with Gasteiger partial charge in [-0.2, -0.15) is 0 Å². The first-order valence-corrected chi connectivity index (χ1v) is 7.42. The first-order valence-electron chi connectivity index (χ1n) is 7.42. The monoisotopic (exact) mass is 253 g/mol. The van der Waals surface area contributed by atoms with Crippen LogP contribution in [-0.4, -0.2) is 42.0 Å². The second kappa shape index (κ2) is 6.02. The van der Waals surface area contributed by atoms with E-state index in [9.17, 15) is 4.79 Å². The van der Waals surface area contributed by atoms with E-state index in [0.29, 0.717) is 0 Å². The topological polar surface area (TPSA) is 58.4 Å². The van der Waals surface area contributed by atoms with E-state index in [1.807, 2.05) is 0 Å². The summed E-state index contributed by atoms with van der Waals surface area (Å²) in [7, 11) is 0. The van der Waals surface area contributed by atoms with Crippen molar-refractivity contribution < 1.29 is 4.79 Å². The van der Waals surface area contributed by atoms with Crippen molar-refractivity contribution in [2.24, 2.45) is 5.73 Å². The van der Waals surface area contributed by atoms with Crippen LogP contribution in [0.25, 0.3) is 0 Å². The normalized spacial score (nSPS) is 25.9. The number of nitrogens with zero attached hydrogens (tertiary/aromatic N) is 1. The molecule has 4 heteroatoms. The van der Waals surface area contributed by atoms with Crippen LogP contribution in [0.4, 0.5) is 0 Å². The lowest BCUT2D eigenvalue weighted by atomic mass is 9.82. The minimum atomic E-state index is -0.600. The van der Waals surface area contributed by atoms with Gasteiger partial charge in [0.2, 0.25) is 5.91 Å². The molecule has 1 atom stereocenters. The number of amides is 1. The second-order valence-electron chi connectivity index (χ2n) is 6.10. The summed E-state index contributed by atoms with van der Waals surface area (Å²) >= 11 is 0. The fourth-order valence-corrected chi connectivity index (χ4v) is 3.18. The van der Waals surface area contributed by atoms with E-state index in [1.165, 1.54) is 32.4 Å². The zero-order valence-corrected chi connectivity index (χ0v) is 11.6. The maximum atomic E-state index is 12.2. The average molecular weight is 253 g/mol. The third-order valence-corrected chi connectivity index (χ3v) is 4.31. The maximum Gasteiger partial charge on any atom is 0.240 e. The molecule has 0 aromatic carbocycles. The molecule has 3 N–H and O–H groups in total. The molecule has 2 rings (SSSR count). The molecule has 104 valence electrons. The van der Waals surface area contributed by atoms with Crippen LogP contribution in [0.3, 0.4) is 0 Å². The SMILES string of the molecule is CC(CN1CCCC1)NC(=O)C1(N)CCCCC1. The molecule has 18 heavy (non-hydrogen) atoms. The summed E-state index contributed by atoms with van der Waals surface area (Å²) in [5.41, 5.74) is 5.63. The highest BCUT2D eigenvalue weighted by molar-refractivity contribution is 5.86. The zero-order chi connectivity index (χ0) is 13.0. The quantitative estimate of drug-likeness (QED) is 0.793. The summed E-state index contributed by atoms with van der Waals surface area (Å²) in [5.74, 6) is 0.0638. The number of carbonyl (C=O) groups excluding carboxylic acids is 1. The Morgan fingerprint density at radius 2 is 1.83 bits per heavy atom. The van der Waals surface area contributed by atoms with Gasteiger partial charge in [0, 0.05) is 12.6 Å². The Morgan fingerprint density at radius 3 is 2.44 bits per heavy atom. The molecule has 0 aromatic heterocycles. The van der Waals surface area contributed by atoms with Crippen LogP contribution >= 0.6 is 0 Å². The third kappa shape index (κ3) is 3.45. The molecule has 0 aromatic rings. The molecule has 0 bridgehead atoms. The van der Waals surface area contributed by atoms with Crippen molar-refractivity contribution in [3.8, 4) is 0 Å². The number of nitrogens with two attached hydrogens (primary N) is 1. The first-order chi connectivity index (χ1) is 8.60. The number of nitrogens with one attached hydrogen (secondary N) is 1. The van der Waals surface area contributed by atoms with Crippen LogP contribution in [0, 0.1) is 0 Å². The third-order valence-electron chi connectivity index (χ3n) is 4.31. The Bertz CT molecular complexity index is 281. The summed E-state index contributed by atoms with van der Waals surface area (Å²) in [6, 6.07) is 0.206. The molecule has 1 heterocycles. The molecule has 1 amide bonds. The highest BCUT2D eigenvalue weighted by Gasteiger charge is 2.35. The molecule has 1 unspecified atom stereocenters. The van der Waals surface area contributed by atoms with Crippen molar-refractivity contribution in [2.75, 3.05) is 19.6 Å². The van der Waals surface area contributed by atoms with Gasteiger partial charge in [-0.25, -0.2) is 0 Å². The van der Waals surface area contributed by atoms with Gasteiger partial charge in [0.25, 0.3) is 0 Å². The van der Waals surface area contributed by atoms with Gasteiger partial charge in [-0.15, -0.1) is 0 Å². The molecular weight excluding hydrogens is 226 g/mol. The molecule has 0 spiro atoms. The predicted octanol–water partition coefficient (Wildman–Crippen LogP) is 1.25. The summed E-state index contributed by atoms with van der Waals surface area (Å²) in [5, 5.41) is 3.11. The van der Waals surface area contributed by atoms with E-state index in [2.05, 4.69) is 17.1 Å². The Hall–Kier alpha value is -0.610. The van der Waals surface area contributed by atoms with E-state index in [1.54, 1.807) is 0 Å². The molecule has 1 saturated heterocycles. The zero-order valence-electron chi connectivity index (χ0n) is 11.6. The first kappa shape index (κ1) is 13.8. The minimum absolute atomic E-state index is 0.0638. The van der Waals surface area contributed by atoms with Gasteiger partial charge in [0.1, 0.15) is 0 Å². The molecule has 2 aliphatic rings. The van der Waals surface area contributed by atoms with Gasteiger partial charge in [-0.3, -0.25) is 4.79 Å².